The zero-order valence-electron chi connectivity index (χ0n) is 16.2. The molecule has 6 heteroatoms. The van der Waals surface area contributed by atoms with Crippen molar-refractivity contribution >= 4 is 16.9 Å². The van der Waals surface area contributed by atoms with Crippen LogP contribution in [0.2, 0.25) is 0 Å². The number of nitrogens with one attached hydrogen (secondary N) is 2. The van der Waals surface area contributed by atoms with Crippen LogP contribution in [0.1, 0.15) is 11.1 Å². The van der Waals surface area contributed by atoms with Gasteiger partial charge in [-0.15, -0.1) is 0 Å². The van der Waals surface area contributed by atoms with Gasteiger partial charge >= 0.3 is 6.03 Å². The largest absolute Gasteiger partial charge is 0.383 e. The molecule has 1 aromatic heterocycles. The van der Waals surface area contributed by atoms with Crippen molar-refractivity contribution in [2.75, 3.05) is 27.3 Å². The Hall–Kier alpha value is -2.86. The predicted octanol–water partition coefficient (Wildman–Crippen LogP) is 3.75. The van der Waals surface area contributed by atoms with E-state index in [9.17, 15) is 9.18 Å². The first-order valence-corrected chi connectivity index (χ1v) is 9.37. The lowest BCUT2D eigenvalue weighted by atomic mass is 10.1. The Morgan fingerprint density at radius 1 is 1.25 bits per heavy atom. The van der Waals surface area contributed by atoms with Crippen LogP contribution in [0.3, 0.4) is 0 Å². The molecular formula is C22H26FN3O2. The third kappa shape index (κ3) is 4.89. The predicted molar refractivity (Wildman–Crippen MR) is 109 cm³/mol. The first kappa shape index (κ1) is 19.9. The average Bonchev–Trinajstić information content (AvgIpc) is 3.10. The number of ether oxygens (including phenoxy) is 1. The van der Waals surface area contributed by atoms with Gasteiger partial charge in [-0.3, -0.25) is 0 Å². The normalized spacial score (nSPS) is 12.1. The monoisotopic (exact) mass is 383 g/mol. The molecule has 0 radical (unpaired) electrons. The lowest BCUT2D eigenvalue weighted by Crippen LogP contribution is -2.47. The number of nitrogens with zero attached hydrogens (tertiary/aromatic N) is 1. The van der Waals surface area contributed by atoms with Crippen LogP contribution in [0, 0.1) is 5.82 Å². The highest BCUT2D eigenvalue weighted by Crippen LogP contribution is 2.19. The molecule has 5 nitrogen and oxygen atoms in total. The Bertz CT molecular complexity index is 911. The number of aromatic amines is 1. The Labute approximate surface area is 164 Å². The molecule has 28 heavy (non-hydrogen) atoms. The van der Waals surface area contributed by atoms with Gasteiger partial charge in [0.1, 0.15) is 5.82 Å². The van der Waals surface area contributed by atoms with E-state index in [-0.39, 0.29) is 17.9 Å². The maximum absolute atomic E-state index is 13.5. The first-order chi connectivity index (χ1) is 13.6. The van der Waals surface area contributed by atoms with E-state index in [4.69, 9.17) is 4.74 Å². The van der Waals surface area contributed by atoms with Crippen LogP contribution in [0.25, 0.3) is 10.9 Å². The van der Waals surface area contributed by atoms with Crippen molar-refractivity contribution in [1.29, 1.82) is 0 Å². The number of benzene rings is 2. The fourth-order valence-electron chi connectivity index (χ4n) is 3.34. The smallest absolute Gasteiger partial charge is 0.317 e. The fourth-order valence-corrected chi connectivity index (χ4v) is 3.34. The number of hydrogen-bond donors (Lipinski definition) is 2. The van der Waals surface area contributed by atoms with Crippen molar-refractivity contribution in [3.8, 4) is 0 Å². The number of methoxy groups -OCH3 is 1. The number of carbonyl (C=O) groups is 1. The number of hydrogen-bond acceptors (Lipinski definition) is 2. The Kier molecular flexibility index (Phi) is 6.66. The van der Waals surface area contributed by atoms with Gasteiger partial charge in [0.25, 0.3) is 0 Å². The summed E-state index contributed by atoms with van der Waals surface area (Å²) < 4.78 is 18.8. The molecular weight excluding hydrogens is 357 g/mol. The molecule has 0 fully saturated rings. The number of rotatable bonds is 8. The fraction of sp³-hybridized carbons (Fsp3) is 0.318. The van der Waals surface area contributed by atoms with Gasteiger partial charge in [-0.2, -0.15) is 0 Å². The van der Waals surface area contributed by atoms with Gasteiger partial charge < -0.3 is 19.9 Å². The molecule has 1 atom stereocenters. The topological polar surface area (TPSA) is 57.4 Å². The van der Waals surface area contributed by atoms with E-state index in [1.807, 2.05) is 36.5 Å². The lowest BCUT2D eigenvalue weighted by Gasteiger charge is -2.28. The van der Waals surface area contributed by atoms with Crippen LogP contribution in [0.5, 0.6) is 0 Å². The molecule has 2 aromatic carbocycles. The minimum atomic E-state index is -0.263. The average molecular weight is 383 g/mol. The summed E-state index contributed by atoms with van der Waals surface area (Å²) >= 11 is 0. The standard InChI is InChI=1S/C22H26FN3O2/c1-26(19(15-28-2)12-16-6-4-3-5-7-16)22(27)24-11-10-17-14-25-21-9-8-18(23)13-20(17)21/h3-9,13-14,19,25H,10-12,15H2,1-2H3,(H,24,27)/t19-/m0/s1. The summed E-state index contributed by atoms with van der Waals surface area (Å²) in [5.74, 6) is -0.263. The molecule has 0 saturated carbocycles. The summed E-state index contributed by atoms with van der Waals surface area (Å²) in [5, 5.41) is 3.80. The number of urea groups is 1. The Morgan fingerprint density at radius 3 is 2.79 bits per heavy atom. The van der Waals surface area contributed by atoms with Crippen LogP contribution in [-0.4, -0.2) is 49.3 Å². The van der Waals surface area contributed by atoms with Gasteiger partial charge in [0.2, 0.25) is 0 Å². The molecule has 3 aromatic rings. The molecule has 148 valence electrons. The second-order valence-corrected chi connectivity index (χ2v) is 6.90. The molecule has 3 rings (SSSR count). The van der Waals surface area contributed by atoms with Crippen molar-refractivity contribution in [2.45, 2.75) is 18.9 Å². The highest BCUT2D eigenvalue weighted by molar-refractivity contribution is 5.83. The number of fused-ring (bicyclic) bond motifs is 1. The van der Waals surface area contributed by atoms with Crippen LogP contribution in [0.15, 0.2) is 54.7 Å². The summed E-state index contributed by atoms with van der Waals surface area (Å²) in [5.41, 5.74) is 3.03. The third-order valence-electron chi connectivity index (χ3n) is 4.94. The third-order valence-corrected chi connectivity index (χ3v) is 4.94. The molecule has 0 aliphatic heterocycles. The highest BCUT2D eigenvalue weighted by atomic mass is 19.1. The molecule has 0 saturated heterocycles. The molecule has 0 spiro atoms. The minimum Gasteiger partial charge on any atom is -0.383 e. The van der Waals surface area contributed by atoms with Crippen molar-refractivity contribution < 1.29 is 13.9 Å². The molecule has 0 aliphatic carbocycles. The lowest BCUT2D eigenvalue weighted by molar-refractivity contribution is 0.115. The molecule has 0 aliphatic rings. The van der Waals surface area contributed by atoms with Crippen LogP contribution in [-0.2, 0) is 17.6 Å². The zero-order valence-corrected chi connectivity index (χ0v) is 16.2. The van der Waals surface area contributed by atoms with E-state index < -0.39 is 0 Å². The van der Waals surface area contributed by atoms with Gasteiger partial charge in [0.05, 0.1) is 12.6 Å². The second kappa shape index (κ2) is 9.37. The van der Waals surface area contributed by atoms with Crippen LogP contribution in [0.4, 0.5) is 9.18 Å². The Morgan fingerprint density at radius 2 is 2.04 bits per heavy atom. The van der Waals surface area contributed by atoms with E-state index in [0.717, 1.165) is 28.5 Å². The van der Waals surface area contributed by atoms with E-state index in [1.54, 1.807) is 25.1 Å². The molecule has 0 unspecified atom stereocenters. The first-order valence-electron chi connectivity index (χ1n) is 9.37. The number of H-pyrrole nitrogens is 1. The van der Waals surface area contributed by atoms with Crippen molar-refractivity contribution in [1.82, 2.24) is 15.2 Å². The van der Waals surface area contributed by atoms with Crippen molar-refractivity contribution in [2.24, 2.45) is 0 Å². The van der Waals surface area contributed by atoms with E-state index in [0.29, 0.717) is 19.6 Å². The molecule has 2 N–H and O–H groups in total. The van der Waals surface area contributed by atoms with Crippen molar-refractivity contribution in [3.63, 3.8) is 0 Å². The zero-order chi connectivity index (χ0) is 19.9. The highest BCUT2D eigenvalue weighted by Gasteiger charge is 2.20. The Balaban J connectivity index is 1.56. The van der Waals surface area contributed by atoms with Crippen molar-refractivity contribution in [3.05, 3.63) is 71.7 Å². The summed E-state index contributed by atoms with van der Waals surface area (Å²) in [7, 11) is 3.42. The SMILES string of the molecule is COC[C@H](Cc1ccccc1)N(C)C(=O)NCCc1c[nH]c2ccc(F)cc12. The minimum absolute atomic E-state index is 0.0606. The number of halogens is 1. The summed E-state index contributed by atoms with van der Waals surface area (Å²) in [6, 6.07) is 14.5. The number of likely N-dealkylation sites (N-methyl/N-ethyl adjacent to an activating group) is 1. The van der Waals surface area contributed by atoms with Crippen LogP contribution < -0.4 is 5.32 Å². The number of aromatic nitrogens is 1. The maximum Gasteiger partial charge on any atom is 0.317 e. The quantitative estimate of drug-likeness (QED) is 0.622. The van der Waals surface area contributed by atoms with Gasteiger partial charge in [-0.1, -0.05) is 30.3 Å². The summed E-state index contributed by atoms with van der Waals surface area (Å²) in [4.78, 5) is 17.4. The van der Waals surface area contributed by atoms with E-state index in [2.05, 4.69) is 10.3 Å². The summed E-state index contributed by atoms with van der Waals surface area (Å²) in [6.07, 6.45) is 3.21. The molecule has 0 bridgehead atoms. The van der Waals surface area contributed by atoms with E-state index >= 15 is 0 Å². The maximum atomic E-state index is 13.5. The number of amides is 2. The van der Waals surface area contributed by atoms with Gasteiger partial charge in [0.15, 0.2) is 0 Å². The van der Waals surface area contributed by atoms with Gasteiger partial charge in [-0.05, 0) is 42.2 Å². The summed E-state index contributed by atoms with van der Waals surface area (Å²) in [6.45, 7) is 0.929. The molecule has 1 heterocycles. The van der Waals surface area contributed by atoms with Gasteiger partial charge in [-0.25, -0.2) is 9.18 Å². The van der Waals surface area contributed by atoms with Gasteiger partial charge in [0, 0.05) is 37.8 Å². The van der Waals surface area contributed by atoms with E-state index in [1.165, 1.54) is 12.1 Å². The second-order valence-electron chi connectivity index (χ2n) is 6.90. The number of carbonyl (C=O) groups excluding carboxylic acids is 1. The molecule has 2 amide bonds. The van der Waals surface area contributed by atoms with Crippen LogP contribution >= 0.6 is 0 Å².